The molecule has 0 saturated carbocycles. The monoisotopic (exact) mass is 323 g/mol. The molecule has 1 amide bonds. The maximum absolute atomic E-state index is 12.0. The first-order valence-electron chi connectivity index (χ1n) is 7.41. The van der Waals surface area contributed by atoms with Gasteiger partial charge in [0.2, 0.25) is 0 Å². The summed E-state index contributed by atoms with van der Waals surface area (Å²) in [5, 5.41) is 0. The maximum Gasteiger partial charge on any atom is 0.404 e. The first-order chi connectivity index (χ1) is 10.6. The van der Waals surface area contributed by atoms with Crippen molar-refractivity contribution in [2.75, 3.05) is 25.6 Å². The average molecular weight is 323 g/mol. The Kier molecular flexibility index (Phi) is 6.74. The predicted molar refractivity (Wildman–Crippen MR) is 85.2 cm³/mol. The zero-order valence-electron chi connectivity index (χ0n) is 12.5. The Morgan fingerprint density at radius 3 is 2.82 bits per heavy atom. The van der Waals surface area contributed by atoms with Crippen molar-refractivity contribution >= 4 is 23.6 Å². The van der Waals surface area contributed by atoms with Crippen LogP contribution in [-0.4, -0.2) is 37.4 Å². The Labute approximate surface area is 134 Å². The summed E-state index contributed by atoms with van der Waals surface area (Å²) >= 11 is 1.77. The fourth-order valence-electron chi connectivity index (χ4n) is 2.28. The van der Waals surface area contributed by atoms with Gasteiger partial charge < -0.3 is 15.2 Å². The Morgan fingerprint density at radius 1 is 1.32 bits per heavy atom. The topological polar surface area (TPSA) is 78.6 Å². The molecule has 1 fully saturated rings. The summed E-state index contributed by atoms with van der Waals surface area (Å²) in [5.74, 6) is 1.68. The summed E-state index contributed by atoms with van der Waals surface area (Å²) in [5.41, 5.74) is 5.51. The molecule has 1 aliphatic rings. The summed E-state index contributed by atoms with van der Waals surface area (Å²) in [6, 6.07) is 7.58. The molecule has 0 bridgehead atoms. The lowest BCUT2D eigenvalue weighted by Crippen LogP contribution is -2.17. The highest BCUT2D eigenvalue weighted by Gasteiger charge is 2.14. The van der Waals surface area contributed by atoms with Gasteiger partial charge in [0.15, 0.2) is 5.78 Å². The predicted octanol–water partition coefficient (Wildman–Crippen LogP) is 2.87. The molecule has 1 aromatic carbocycles. The minimum Gasteiger partial charge on any atom is -0.449 e. The molecule has 0 aromatic heterocycles. The zero-order chi connectivity index (χ0) is 15.8. The Bertz CT molecular complexity index is 515. The Balaban J connectivity index is 1.83. The van der Waals surface area contributed by atoms with E-state index in [1.54, 1.807) is 17.8 Å². The number of benzene rings is 1. The van der Waals surface area contributed by atoms with Crippen molar-refractivity contribution in [2.24, 2.45) is 11.7 Å². The van der Waals surface area contributed by atoms with Gasteiger partial charge in [-0.15, -0.1) is 11.8 Å². The van der Waals surface area contributed by atoms with Crippen LogP contribution in [0, 0.1) is 5.92 Å². The van der Waals surface area contributed by atoms with Crippen LogP contribution < -0.4 is 5.73 Å². The molecule has 1 saturated heterocycles. The molecule has 22 heavy (non-hydrogen) atoms. The van der Waals surface area contributed by atoms with Crippen molar-refractivity contribution in [3.63, 3.8) is 0 Å². The first kappa shape index (κ1) is 16.8. The molecule has 0 radical (unpaired) electrons. The van der Waals surface area contributed by atoms with Gasteiger partial charge in [0, 0.05) is 35.8 Å². The number of rotatable bonds is 7. The highest BCUT2D eigenvalue weighted by Crippen LogP contribution is 2.26. The lowest BCUT2D eigenvalue weighted by molar-refractivity contribution is 0.0728. The fraction of sp³-hybridized carbons (Fsp3) is 0.500. The van der Waals surface area contributed by atoms with Gasteiger partial charge in [0.25, 0.3) is 0 Å². The number of thioether (sulfide) groups is 1. The van der Waals surface area contributed by atoms with Crippen LogP contribution in [-0.2, 0) is 9.47 Å². The standard InChI is InChI=1S/C16H21NO4S/c17-16(19)21-9-6-15(18)13-2-1-3-14(10-13)22-11-12-4-7-20-8-5-12/h1-3,10,12H,4-9,11H2,(H2,17,19). The number of carbonyl (C=O) groups is 2. The van der Waals surface area contributed by atoms with Crippen LogP contribution in [0.15, 0.2) is 29.2 Å². The van der Waals surface area contributed by atoms with Gasteiger partial charge in [-0.2, -0.15) is 0 Å². The Morgan fingerprint density at radius 2 is 2.09 bits per heavy atom. The summed E-state index contributed by atoms with van der Waals surface area (Å²) in [4.78, 5) is 23.6. The van der Waals surface area contributed by atoms with Crippen LogP contribution in [0.5, 0.6) is 0 Å². The van der Waals surface area contributed by atoms with E-state index in [9.17, 15) is 9.59 Å². The van der Waals surface area contributed by atoms with Crippen LogP contribution in [0.4, 0.5) is 4.79 Å². The molecular weight excluding hydrogens is 302 g/mol. The van der Waals surface area contributed by atoms with E-state index in [0.717, 1.165) is 36.7 Å². The van der Waals surface area contributed by atoms with Crippen LogP contribution >= 0.6 is 11.8 Å². The third kappa shape index (κ3) is 5.69. The SMILES string of the molecule is NC(=O)OCCC(=O)c1cccc(SCC2CCOCC2)c1. The summed E-state index contributed by atoms with van der Waals surface area (Å²) in [6.45, 7) is 1.72. The van der Waals surface area contributed by atoms with E-state index in [1.165, 1.54) is 0 Å². The van der Waals surface area contributed by atoms with Crippen molar-refractivity contribution < 1.29 is 19.1 Å². The highest BCUT2D eigenvalue weighted by atomic mass is 32.2. The zero-order valence-corrected chi connectivity index (χ0v) is 13.3. The Hall–Kier alpha value is -1.53. The number of nitrogens with two attached hydrogens (primary N) is 1. The molecule has 1 aromatic rings. The maximum atomic E-state index is 12.0. The second-order valence-electron chi connectivity index (χ2n) is 5.24. The van der Waals surface area contributed by atoms with Crippen LogP contribution in [0.25, 0.3) is 0 Å². The number of hydrogen-bond donors (Lipinski definition) is 1. The third-order valence-corrected chi connectivity index (χ3v) is 4.78. The minimum absolute atomic E-state index is 0.0214. The largest absolute Gasteiger partial charge is 0.449 e. The van der Waals surface area contributed by atoms with E-state index in [1.807, 2.05) is 18.2 Å². The van der Waals surface area contributed by atoms with Crippen LogP contribution in [0.2, 0.25) is 0 Å². The first-order valence-corrected chi connectivity index (χ1v) is 8.40. The minimum atomic E-state index is -0.853. The van der Waals surface area contributed by atoms with Gasteiger partial charge >= 0.3 is 6.09 Å². The molecule has 2 N–H and O–H groups in total. The smallest absolute Gasteiger partial charge is 0.404 e. The molecular formula is C16H21NO4S. The molecule has 0 spiro atoms. The van der Waals surface area contributed by atoms with Crippen LogP contribution in [0.3, 0.4) is 0 Å². The van der Waals surface area contributed by atoms with Gasteiger partial charge in [-0.25, -0.2) is 4.79 Å². The average Bonchev–Trinajstić information content (AvgIpc) is 2.54. The van der Waals surface area contributed by atoms with Crippen molar-refractivity contribution in [2.45, 2.75) is 24.2 Å². The molecule has 6 heteroatoms. The van der Waals surface area contributed by atoms with E-state index in [0.29, 0.717) is 11.5 Å². The van der Waals surface area contributed by atoms with Gasteiger partial charge in [0.05, 0.1) is 0 Å². The van der Waals surface area contributed by atoms with E-state index in [2.05, 4.69) is 4.74 Å². The normalized spacial score (nSPS) is 15.5. The van der Waals surface area contributed by atoms with Gasteiger partial charge in [-0.3, -0.25) is 4.79 Å². The quantitative estimate of drug-likeness (QED) is 0.616. The van der Waals surface area contributed by atoms with Gasteiger partial charge in [-0.05, 0) is 30.9 Å². The lowest BCUT2D eigenvalue weighted by Gasteiger charge is -2.21. The molecule has 0 unspecified atom stereocenters. The number of amides is 1. The van der Waals surface area contributed by atoms with Crippen LogP contribution in [0.1, 0.15) is 29.6 Å². The van der Waals surface area contributed by atoms with Crippen molar-refractivity contribution in [1.29, 1.82) is 0 Å². The summed E-state index contributed by atoms with van der Waals surface area (Å²) < 4.78 is 9.95. The van der Waals surface area contributed by atoms with E-state index in [4.69, 9.17) is 10.5 Å². The fourth-order valence-corrected chi connectivity index (χ4v) is 3.42. The number of Topliss-reactive ketones (excluding diaryl/α,β-unsaturated/α-hetero) is 1. The lowest BCUT2D eigenvalue weighted by atomic mass is 10.0. The molecule has 0 aliphatic carbocycles. The molecule has 1 aliphatic heterocycles. The molecule has 1 heterocycles. The van der Waals surface area contributed by atoms with Crippen molar-refractivity contribution in [3.05, 3.63) is 29.8 Å². The highest BCUT2D eigenvalue weighted by molar-refractivity contribution is 7.99. The molecule has 2 rings (SSSR count). The number of ether oxygens (including phenoxy) is 2. The number of primary amides is 1. The molecule has 0 atom stereocenters. The second-order valence-corrected chi connectivity index (χ2v) is 6.33. The number of carbonyl (C=O) groups excluding carboxylic acids is 2. The van der Waals surface area contributed by atoms with Gasteiger partial charge in [-0.1, -0.05) is 12.1 Å². The molecule has 120 valence electrons. The number of ketones is 1. The summed E-state index contributed by atoms with van der Waals surface area (Å²) in [7, 11) is 0. The van der Waals surface area contributed by atoms with E-state index >= 15 is 0 Å². The van der Waals surface area contributed by atoms with E-state index in [-0.39, 0.29) is 18.8 Å². The van der Waals surface area contributed by atoms with Gasteiger partial charge in [0.1, 0.15) is 6.61 Å². The van der Waals surface area contributed by atoms with Crippen molar-refractivity contribution in [1.82, 2.24) is 0 Å². The van der Waals surface area contributed by atoms with Crippen molar-refractivity contribution in [3.8, 4) is 0 Å². The summed E-state index contributed by atoms with van der Waals surface area (Å²) in [6.07, 6.45) is 1.51. The number of hydrogen-bond acceptors (Lipinski definition) is 5. The second kappa shape index (κ2) is 8.80. The molecule has 5 nitrogen and oxygen atoms in total. The van der Waals surface area contributed by atoms with E-state index < -0.39 is 6.09 Å². The third-order valence-electron chi connectivity index (χ3n) is 3.56.